The summed E-state index contributed by atoms with van der Waals surface area (Å²) in [6.45, 7) is 1.89. The van der Waals surface area contributed by atoms with Crippen LogP contribution in [0.4, 0.5) is 8.78 Å². The van der Waals surface area contributed by atoms with Gasteiger partial charge >= 0.3 is 5.97 Å². The smallest absolute Gasteiger partial charge is 0.339 e. The average Bonchev–Trinajstić information content (AvgIpc) is 2.45. The number of hydrogen-bond donors (Lipinski definition) is 1. The largest absolute Gasteiger partial charge is 0.478 e. The van der Waals surface area contributed by atoms with Gasteiger partial charge in [0.2, 0.25) is 0 Å². The minimum Gasteiger partial charge on any atom is -0.478 e. The van der Waals surface area contributed by atoms with E-state index in [1.807, 2.05) is 6.92 Å². The van der Waals surface area contributed by atoms with Crippen LogP contribution in [0, 0.1) is 11.6 Å². The predicted molar refractivity (Wildman–Crippen MR) is 76.0 cm³/mol. The highest BCUT2D eigenvalue weighted by Gasteiger charge is 2.18. The monoisotopic (exact) mass is 356 g/mol. The maximum atomic E-state index is 13.6. The maximum Gasteiger partial charge on any atom is 0.339 e. The molecule has 0 unspecified atom stereocenters. The Kier molecular flexibility index (Phi) is 4.62. The summed E-state index contributed by atoms with van der Waals surface area (Å²) in [5.41, 5.74) is 0.647. The fraction of sp³-hybridized carbons (Fsp3) is 0.214. The van der Waals surface area contributed by atoms with Gasteiger partial charge in [-0.1, -0.05) is 13.3 Å². The SMILES string of the molecule is CCCc1nc(-c2ccc(F)c(F)c2Br)ncc1C(=O)O. The van der Waals surface area contributed by atoms with Gasteiger partial charge in [0, 0.05) is 11.8 Å². The van der Waals surface area contributed by atoms with E-state index in [4.69, 9.17) is 5.11 Å². The number of aromatic nitrogens is 2. The van der Waals surface area contributed by atoms with E-state index in [1.165, 1.54) is 12.3 Å². The van der Waals surface area contributed by atoms with Crippen molar-refractivity contribution in [3.63, 3.8) is 0 Å². The quantitative estimate of drug-likeness (QED) is 0.845. The molecule has 0 amide bonds. The number of halogens is 3. The van der Waals surface area contributed by atoms with Crippen LogP contribution in [0.15, 0.2) is 22.8 Å². The van der Waals surface area contributed by atoms with Crippen LogP contribution in [-0.2, 0) is 6.42 Å². The summed E-state index contributed by atoms with van der Waals surface area (Å²) in [7, 11) is 0. The molecule has 2 rings (SSSR count). The van der Waals surface area contributed by atoms with E-state index in [0.29, 0.717) is 18.5 Å². The molecule has 1 aromatic heterocycles. The number of carboxylic acids is 1. The van der Waals surface area contributed by atoms with E-state index in [-0.39, 0.29) is 21.4 Å². The minimum atomic E-state index is -1.12. The molecule has 0 fully saturated rings. The number of aryl methyl sites for hydroxylation is 1. The van der Waals surface area contributed by atoms with Crippen LogP contribution in [0.3, 0.4) is 0 Å². The Morgan fingerprint density at radius 1 is 1.38 bits per heavy atom. The molecule has 2 aromatic rings. The molecule has 21 heavy (non-hydrogen) atoms. The molecule has 0 saturated heterocycles. The van der Waals surface area contributed by atoms with Crippen molar-refractivity contribution >= 4 is 21.9 Å². The van der Waals surface area contributed by atoms with Gasteiger partial charge < -0.3 is 5.11 Å². The second-order valence-electron chi connectivity index (χ2n) is 4.33. The van der Waals surface area contributed by atoms with Crippen molar-refractivity contribution in [1.82, 2.24) is 9.97 Å². The van der Waals surface area contributed by atoms with Gasteiger partial charge in [-0.3, -0.25) is 0 Å². The number of rotatable bonds is 4. The Balaban J connectivity index is 2.58. The third-order valence-corrected chi connectivity index (χ3v) is 3.64. The van der Waals surface area contributed by atoms with Crippen LogP contribution < -0.4 is 0 Å². The first-order valence-corrected chi connectivity index (χ1v) is 6.98. The number of carbonyl (C=O) groups is 1. The highest BCUT2D eigenvalue weighted by atomic mass is 79.9. The zero-order chi connectivity index (χ0) is 15.6. The Labute approximate surface area is 128 Å². The van der Waals surface area contributed by atoms with Crippen LogP contribution in [0.5, 0.6) is 0 Å². The van der Waals surface area contributed by atoms with Crippen molar-refractivity contribution in [3.8, 4) is 11.4 Å². The highest BCUT2D eigenvalue weighted by molar-refractivity contribution is 9.10. The van der Waals surface area contributed by atoms with E-state index in [1.54, 1.807) is 0 Å². The molecular weight excluding hydrogens is 346 g/mol. The lowest BCUT2D eigenvalue weighted by Crippen LogP contribution is -2.07. The first-order chi connectivity index (χ1) is 9.95. The Morgan fingerprint density at radius 2 is 2.10 bits per heavy atom. The summed E-state index contributed by atoms with van der Waals surface area (Å²) in [4.78, 5) is 19.2. The summed E-state index contributed by atoms with van der Waals surface area (Å²) < 4.78 is 26.6. The lowest BCUT2D eigenvalue weighted by Gasteiger charge is -2.08. The molecule has 0 spiro atoms. The molecule has 0 atom stereocenters. The topological polar surface area (TPSA) is 63.1 Å². The van der Waals surface area contributed by atoms with E-state index < -0.39 is 17.6 Å². The number of benzene rings is 1. The summed E-state index contributed by atoms with van der Waals surface area (Å²) in [6, 6.07) is 2.32. The first-order valence-electron chi connectivity index (χ1n) is 6.18. The first kappa shape index (κ1) is 15.5. The highest BCUT2D eigenvalue weighted by Crippen LogP contribution is 2.30. The van der Waals surface area contributed by atoms with Crippen LogP contribution in [0.25, 0.3) is 11.4 Å². The molecule has 0 saturated carbocycles. The summed E-state index contributed by atoms with van der Waals surface area (Å²) in [6.07, 6.45) is 2.34. The fourth-order valence-corrected chi connectivity index (χ4v) is 2.35. The summed E-state index contributed by atoms with van der Waals surface area (Å²) in [5, 5.41) is 9.09. The van der Waals surface area contributed by atoms with Crippen molar-refractivity contribution in [3.05, 3.63) is 45.7 Å². The van der Waals surface area contributed by atoms with Crippen LogP contribution in [-0.4, -0.2) is 21.0 Å². The Hall–Kier alpha value is -1.89. The normalized spacial score (nSPS) is 10.7. The fourth-order valence-electron chi connectivity index (χ4n) is 1.85. The second-order valence-corrected chi connectivity index (χ2v) is 5.13. The van der Waals surface area contributed by atoms with E-state index in [0.717, 1.165) is 6.07 Å². The van der Waals surface area contributed by atoms with Gasteiger partial charge in [-0.15, -0.1) is 0 Å². The van der Waals surface area contributed by atoms with E-state index in [2.05, 4.69) is 25.9 Å². The molecule has 0 aliphatic rings. The molecule has 0 aliphatic heterocycles. The van der Waals surface area contributed by atoms with Crippen LogP contribution in [0.1, 0.15) is 29.4 Å². The predicted octanol–water partition coefficient (Wildman–Crippen LogP) is 3.84. The van der Waals surface area contributed by atoms with Crippen LogP contribution in [0.2, 0.25) is 0 Å². The summed E-state index contributed by atoms with van der Waals surface area (Å²) >= 11 is 2.97. The zero-order valence-electron chi connectivity index (χ0n) is 11.0. The summed E-state index contributed by atoms with van der Waals surface area (Å²) in [5.74, 6) is -2.99. The lowest BCUT2D eigenvalue weighted by molar-refractivity contribution is 0.0694. The molecule has 7 heteroatoms. The molecule has 0 radical (unpaired) electrons. The third-order valence-electron chi connectivity index (χ3n) is 2.86. The van der Waals surface area contributed by atoms with Gasteiger partial charge in [0.25, 0.3) is 0 Å². The van der Waals surface area contributed by atoms with Crippen molar-refractivity contribution in [1.29, 1.82) is 0 Å². The number of hydrogen-bond acceptors (Lipinski definition) is 3. The molecule has 1 heterocycles. The van der Waals surface area contributed by atoms with Gasteiger partial charge in [0.05, 0.1) is 15.7 Å². The van der Waals surface area contributed by atoms with Gasteiger partial charge in [-0.25, -0.2) is 23.5 Å². The molecule has 1 aromatic carbocycles. The maximum absolute atomic E-state index is 13.6. The minimum absolute atomic E-state index is 0.0132. The van der Waals surface area contributed by atoms with Gasteiger partial charge in [0.1, 0.15) is 0 Å². The molecular formula is C14H11BrF2N2O2. The van der Waals surface area contributed by atoms with Gasteiger partial charge in [0.15, 0.2) is 17.5 Å². The molecule has 110 valence electrons. The third kappa shape index (κ3) is 3.07. The standard InChI is InChI=1S/C14H11BrF2N2O2/c1-2-3-10-8(14(20)21)6-18-13(19-10)7-4-5-9(16)12(17)11(7)15/h4-6H,2-3H2,1H3,(H,20,21). The molecule has 0 aliphatic carbocycles. The van der Waals surface area contributed by atoms with E-state index in [9.17, 15) is 13.6 Å². The lowest BCUT2D eigenvalue weighted by atomic mass is 10.1. The van der Waals surface area contributed by atoms with Crippen molar-refractivity contribution in [2.24, 2.45) is 0 Å². The molecule has 1 N–H and O–H groups in total. The molecule has 4 nitrogen and oxygen atoms in total. The molecule has 0 bridgehead atoms. The van der Waals surface area contributed by atoms with Gasteiger partial charge in [-0.2, -0.15) is 0 Å². The van der Waals surface area contributed by atoms with Crippen LogP contribution >= 0.6 is 15.9 Å². The van der Waals surface area contributed by atoms with Crippen molar-refractivity contribution < 1.29 is 18.7 Å². The van der Waals surface area contributed by atoms with Crippen molar-refractivity contribution in [2.75, 3.05) is 0 Å². The van der Waals surface area contributed by atoms with Crippen molar-refractivity contribution in [2.45, 2.75) is 19.8 Å². The zero-order valence-corrected chi connectivity index (χ0v) is 12.6. The average molecular weight is 357 g/mol. The number of aromatic carboxylic acids is 1. The number of carboxylic acid groups (broad SMARTS) is 1. The Bertz CT molecular complexity index is 708. The Morgan fingerprint density at radius 3 is 2.71 bits per heavy atom. The number of nitrogens with zero attached hydrogens (tertiary/aromatic N) is 2. The van der Waals surface area contributed by atoms with E-state index >= 15 is 0 Å². The van der Waals surface area contributed by atoms with Gasteiger partial charge in [-0.05, 0) is 34.5 Å². The second kappa shape index (κ2) is 6.26.